The summed E-state index contributed by atoms with van der Waals surface area (Å²) in [7, 11) is 1.60. The van der Waals surface area contributed by atoms with E-state index in [1.54, 1.807) is 31.3 Å². The molecule has 2 saturated heterocycles. The van der Waals surface area contributed by atoms with Gasteiger partial charge in [0.2, 0.25) is 11.8 Å². The number of nitrogens with zero attached hydrogens (tertiary/aromatic N) is 2. The molecule has 0 bridgehead atoms. The third-order valence-electron chi connectivity index (χ3n) is 9.75. The molecule has 9 nitrogen and oxygen atoms in total. The number of benzene rings is 2. The number of carbonyl (C=O) groups excluding carboxylic acids is 3. The van der Waals surface area contributed by atoms with Crippen molar-refractivity contribution < 1.29 is 24.2 Å². The Hall–Kier alpha value is -3.14. The van der Waals surface area contributed by atoms with E-state index in [0.29, 0.717) is 68.8 Å². The van der Waals surface area contributed by atoms with Gasteiger partial charge in [-0.15, -0.1) is 12.4 Å². The van der Waals surface area contributed by atoms with Gasteiger partial charge in [0.1, 0.15) is 23.1 Å². The Morgan fingerprint density at radius 2 is 1.56 bits per heavy atom. The van der Waals surface area contributed by atoms with Crippen LogP contribution in [-0.4, -0.2) is 76.5 Å². The molecule has 0 aromatic heterocycles. The van der Waals surface area contributed by atoms with Crippen molar-refractivity contribution in [2.75, 3.05) is 26.7 Å². The molecule has 1 atom stereocenters. The number of piperazine rings is 1. The highest BCUT2D eigenvalue weighted by Crippen LogP contribution is 2.37. The molecule has 45 heavy (non-hydrogen) atoms. The zero-order valence-electron chi connectivity index (χ0n) is 26.7. The molecule has 246 valence electrons. The van der Waals surface area contributed by atoms with Gasteiger partial charge in [-0.05, 0) is 74.1 Å². The highest BCUT2D eigenvalue weighted by Gasteiger charge is 2.54. The maximum atomic E-state index is 13.9. The van der Waals surface area contributed by atoms with Gasteiger partial charge < -0.3 is 25.4 Å². The predicted molar refractivity (Wildman–Crippen MR) is 177 cm³/mol. The third kappa shape index (κ3) is 8.18. The van der Waals surface area contributed by atoms with E-state index in [0.717, 1.165) is 50.6 Å². The fraction of sp³-hybridized carbons (Fsp3) is 0.571. The first-order valence-corrected chi connectivity index (χ1v) is 16.4. The van der Waals surface area contributed by atoms with Gasteiger partial charge in [0.25, 0.3) is 5.91 Å². The summed E-state index contributed by atoms with van der Waals surface area (Å²) in [6.45, 7) is 4.86. The van der Waals surface area contributed by atoms with E-state index in [4.69, 9.17) is 4.74 Å². The first kappa shape index (κ1) is 34.7. The quantitative estimate of drug-likeness (QED) is 0.308. The molecule has 1 saturated carbocycles. The van der Waals surface area contributed by atoms with Crippen LogP contribution in [-0.2, 0) is 16.1 Å². The van der Waals surface area contributed by atoms with Gasteiger partial charge in [-0.1, -0.05) is 51.2 Å². The summed E-state index contributed by atoms with van der Waals surface area (Å²) < 4.78 is 5.96. The van der Waals surface area contributed by atoms with E-state index in [2.05, 4.69) is 22.5 Å². The number of unbranched alkanes of at least 4 members (excludes halogenated alkanes) is 1. The summed E-state index contributed by atoms with van der Waals surface area (Å²) in [6.07, 6.45) is 8.86. The van der Waals surface area contributed by atoms with Gasteiger partial charge in [0.15, 0.2) is 0 Å². The molecular formula is C35H49ClN4O5. The number of piperidine rings is 1. The zero-order chi connectivity index (χ0) is 31.2. The van der Waals surface area contributed by atoms with E-state index in [9.17, 15) is 19.5 Å². The number of aliphatic hydroxyl groups is 1. The molecular weight excluding hydrogens is 592 g/mol. The SMILES string of the molecule is CCCCN1C(=O)[C@@H](CC2(O)CCCCCC2)NC(=O)C12CCN(Cc1ccc(Oc3ccc(C(=O)NC)cc3)cc1)CC2.Cl. The Morgan fingerprint density at radius 1 is 0.956 bits per heavy atom. The van der Waals surface area contributed by atoms with Gasteiger partial charge in [-0.3, -0.25) is 19.3 Å². The number of likely N-dealkylation sites (tertiary alicyclic amines) is 1. The number of amides is 3. The molecule has 10 heteroatoms. The molecule has 3 aliphatic rings. The van der Waals surface area contributed by atoms with Crippen LogP contribution in [0.1, 0.15) is 93.5 Å². The number of nitrogens with one attached hydrogen (secondary N) is 2. The van der Waals surface area contributed by atoms with Gasteiger partial charge in [0, 0.05) is 45.2 Å². The second kappa shape index (κ2) is 15.4. The lowest BCUT2D eigenvalue weighted by Gasteiger charge is -2.52. The molecule has 3 amide bonds. The van der Waals surface area contributed by atoms with Gasteiger partial charge in [0.05, 0.1) is 5.60 Å². The van der Waals surface area contributed by atoms with Crippen LogP contribution in [0.2, 0.25) is 0 Å². The number of rotatable bonds is 10. The average molecular weight is 641 g/mol. The van der Waals surface area contributed by atoms with Crippen molar-refractivity contribution in [1.82, 2.24) is 20.4 Å². The van der Waals surface area contributed by atoms with Crippen molar-refractivity contribution in [3.05, 3.63) is 59.7 Å². The Kier molecular flexibility index (Phi) is 11.9. The minimum Gasteiger partial charge on any atom is -0.457 e. The summed E-state index contributed by atoms with van der Waals surface area (Å²) in [5.41, 5.74) is 0.0187. The predicted octanol–water partition coefficient (Wildman–Crippen LogP) is 5.20. The monoisotopic (exact) mass is 640 g/mol. The summed E-state index contributed by atoms with van der Waals surface area (Å²) in [5.74, 6) is 1.15. The number of halogens is 1. The fourth-order valence-corrected chi connectivity index (χ4v) is 7.08. The fourth-order valence-electron chi connectivity index (χ4n) is 7.08. The van der Waals surface area contributed by atoms with Crippen molar-refractivity contribution in [3.8, 4) is 11.5 Å². The van der Waals surface area contributed by atoms with Crippen LogP contribution < -0.4 is 15.4 Å². The maximum absolute atomic E-state index is 13.9. The number of ether oxygens (including phenoxy) is 1. The molecule has 2 aliphatic heterocycles. The molecule has 3 N–H and O–H groups in total. The van der Waals surface area contributed by atoms with Crippen LogP contribution in [0.5, 0.6) is 11.5 Å². The van der Waals surface area contributed by atoms with Crippen LogP contribution in [0, 0.1) is 0 Å². The Balaban J connectivity index is 0.00000461. The molecule has 2 heterocycles. The van der Waals surface area contributed by atoms with Gasteiger partial charge >= 0.3 is 0 Å². The second-order valence-electron chi connectivity index (χ2n) is 12.9. The van der Waals surface area contributed by atoms with Crippen LogP contribution >= 0.6 is 12.4 Å². The average Bonchev–Trinajstić information content (AvgIpc) is 3.26. The Labute approximate surface area is 273 Å². The zero-order valence-corrected chi connectivity index (χ0v) is 27.5. The van der Waals surface area contributed by atoms with E-state index in [1.165, 1.54) is 0 Å². The van der Waals surface area contributed by atoms with Gasteiger partial charge in [-0.2, -0.15) is 0 Å². The highest BCUT2D eigenvalue weighted by atomic mass is 35.5. The van der Waals surface area contributed by atoms with Crippen LogP contribution in [0.25, 0.3) is 0 Å². The molecule has 3 fully saturated rings. The topological polar surface area (TPSA) is 111 Å². The minimum atomic E-state index is -0.883. The second-order valence-corrected chi connectivity index (χ2v) is 12.9. The first-order chi connectivity index (χ1) is 21.2. The highest BCUT2D eigenvalue weighted by molar-refractivity contribution is 6.00. The van der Waals surface area contributed by atoms with Crippen molar-refractivity contribution in [1.29, 1.82) is 0 Å². The summed E-state index contributed by atoms with van der Waals surface area (Å²) >= 11 is 0. The van der Waals surface area contributed by atoms with Crippen LogP contribution in [0.15, 0.2) is 48.5 Å². The molecule has 0 radical (unpaired) electrons. The van der Waals surface area contributed by atoms with Crippen molar-refractivity contribution in [2.24, 2.45) is 0 Å². The molecule has 2 aromatic carbocycles. The Morgan fingerprint density at radius 3 is 2.13 bits per heavy atom. The maximum Gasteiger partial charge on any atom is 0.251 e. The molecule has 0 unspecified atom stereocenters. The van der Waals surface area contributed by atoms with E-state index < -0.39 is 17.2 Å². The molecule has 2 aromatic rings. The minimum absolute atomic E-state index is 0. The van der Waals surface area contributed by atoms with E-state index >= 15 is 0 Å². The molecule has 1 spiro atoms. The molecule has 5 rings (SSSR count). The third-order valence-corrected chi connectivity index (χ3v) is 9.75. The van der Waals surface area contributed by atoms with Crippen molar-refractivity contribution in [2.45, 2.75) is 101 Å². The normalized spacial score (nSPS) is 21.4. The number of carbonyl (C=O) groups is 3. The Bertz CT molecular complexity index is 1290. The van der Waals surface area contributed by atoms with Crippen LogP contribution in [0.4, 0.5) is 0 Å². The first-order valence-electron chi connectivity index (χ1n) is 16.4. The molecule has 1 aliphatic carbocycles. The van der Waals surface area contributed by atoms with E-state index in [1.807, 2.05) is 29.2 Å². The standard InChI is InChI=1S/C35H48N4O5.ClH/c1-3-4-21-39-32(41)30(24-34(43)17-7-5-6-8-18-34)37-33(42)35(39)19-22-38(23-20-35)25-26-9-13-28(14-10-26)44-29-15-11-27(12-16-29)31(40)36-2;/h9-16,30,43H,3-8,17-25H2,1-2H3,(H,36,40)(H,37,42);1H/t30-;/m1./s1. The lowest BCUT2D eigenvalue weighted by molar-refractivity contribution is -0.163. The lowest BCUT2D eigenvalue weighted by Crippen LogP contribution is -2.73. The summed E-state index contributed by atoms with van der Waals surface area (Å²) in [6, 6.07) is 14.3. The smallest absolute Gasteiger partial charge is 0.251 e. The number of hydrogen-bond donors (Lipinski definition) is 3. The summed E-state index contributed by atoms with van der Waals surface area (Å²) in [4.78, 5) is 43.7. The van der Waals surface area contributed by atoms with Gasteiger partial charge in [-0.25, -0.2) is 0 Å². The number of hydrogen-bond acceptors (Lipinski definition) is 6. The largest absolute Gasteiger partial charge is 0.457 e. The van der Waals surface area contributed by atoms with Crippen molar-refractivity contribution >= 4 is 30.1 Å². The summed E-state index contributed by atoms with van der Waals surface area (Å²) in [5, 5.41) is 17.0. The van der Waals surface area contributed by atoms with E-state index in [-0.39, 0.29) is 30.1 Å². The van der Waals surface area contributed by atoms with Crippen LogP contribution in [0.3, 0.4) is 0 Å². The van der Waals surface area contributed by atoms with Crippen molar-refractivity contribution in [3.63, 3.8) is 0 Å². The lowest BCUT2D eigenvalue weighted by atomic mass is 9.79.